The Morgan fingerprint density at radius 1 is 1.28 bits per heavy atom. The quantitative estimate of drug-likeness (QED) is 0.916. The van der Waals surface area contributed by atoms with Crippen molar-refractivity contribution in [3.05, 3.63) is 57.9 Å². The van der Waals surface area contributed by atoms with Gasteiger partial charge in [0.2, 0.25) is 0 Å². The van der Waals surface area contributed by atoms with Crippen LogP contribution in [-0.4, -0.2) is 4.98 Å². The number of pyridine rings is 1. The van der Waals surface area contributed by atoms with Crippen LogP contribution in [0.5, 0.6) is 0 Å². The molecule has 0 fully saturated rings. The predicted molar refractivity (Wildman–Crippen MR) is 73.4 cm³/mol. The van der Waals surface area contributed by atoms with E-state index in [-0.39, 0.29) is 11.9 Å². The lowest BCUT2D eigenvalue weighted by molar-refractivity contribution is 0.617. The molecule has 0 radical (unpaired) electrons. The Balaban J connectivity index is 2.21. The van der Waals surface area contributed by atoms with Crippen molar-refractivity contribution in [2.45, 2.75) is 12.5 Å². The first kappa shape index (κ1) is 13.0. The molecule has 1 atom stereocenters. The third kappa shape index (κ3) is 3.05. The van der Waals surface area contributed by atoms with Crippen LogP contribution in [0, 0.1) is 5.82 Å². The smallest absolute Gasteiger partial charge is 0.123 e. The Bertz CT molecular complexity index is 560. The van der Waals surface area contributed by atoms with E-state index in [0.29, 0.717) is 12.2 Å². The van der Waals surface area contributed by atoms with Crippen molar-refractivity contribution in [3.63, 3.8) is 0 Å². The molecule has 2 aromatic rings. The fourth-order valence-corrected chi connectivity index (χ4v) is 2.32. The molecule has 0 aliphatic carbocycles. The van der Waals surface area contributed by atoms with E-state index < -0.39 is 0 Å². The van der Waals surface area contributed by atoms with E-state index in [9.17, 15) is 4.39 Å². The maximum absolute atomic E-state index is 13.2. The second-order valence-electron chi connectivity index (χ2n) is 4.07. The third-order valence-electron chi connectivity index (χ3n) is 2.66. The number of nitrogens with zero attached hydrogens (tertiary/aromatic N) is 1. The molecule has 0 aliphatic rings. The van der Waals surface area contributed by atoms with Crippen molar-refractivity contribution in [2.75, 3.05) is 5.73 Å². The first-order valence-corrected chi connectivity index (χ1v) is 6.26. The predicted octanol–water partition coefficient (Wildman–Crippen LogP) is 2.81. The van der Waals surface area contributed by atoms with E-state index in [1.807, 2.05) is 6.07 Å². The summed E-state index contributed by atoms with van der Waals surface area (Å²) in [6.07, 6.45) is 2.22. The minimum atomic E-state index is -0.295. The largest absolute Gasteiger partial charge is 0.384 e. The molecule has 2 rings (SSSR count). The summed E-state index contributed by atoms with van der Waals surface area (Å²) < 4.78 is 14.0. The first-order valence-electron chi connectivity index (χ1n) is 5.47. The number of nitrogen functional groups attached to an aromatic ring is 1. The van der Waals surface area contributed by atoms with Gasteiger partial charge in [-0.25, -0.2) is 9.37 Å². The zero-order chi connectivity index (χ0) is 13.1. The minimum Gasteiger partial charge on any atom is -0.384 e. The molecule has 3 nitrogen and oxygen atoms in total. The third-order valence-corrected chi connectivity index (χ3v) is 3.38. The van der Waals surface area contributed by atoms with Gasteiger partial charge in [-0.05, 0) is 47.9 Å². The molecule has 1 aromatic heterocycles. The van der Waals surface area contributed by atoms with Crippen LogP contribution in [0.4, 0.5) is 10.2 Å². The van der Waals surface area contributed by atoms with Gasteiger partial charge in [0.15, 0.2) is 0 Å². The van der Waals surface area contributed by atoms with Gasteiger partial charge in [0.05, 0.1) is 0 Å². The fourth-order valence-electron chi connectivity index (χ4n) is 1.78. The van der Waals surface area contributed by atoms with E-state index in [1.54, 1.807) is 18.3 Å². The second-order valence-corrected chi connectivity index (χ2v) is 4.92. The lowest BCUT2D eigenvalue weighted by atomic mass is 10.0. The normalized spacial score (nSPS) is 12.4. The van der Waals surface area contributed by atoms with Gasteiger partial charge in [-0.3, -0.25) is 0 Å². The fraction of sp³-hybridized carbons (Fsp3) is 0.154. The topological polar surface area (TPSA) is 64.9 Å². The van der Waals surface area contributed by atoms with E-state index in [2.05, 4.69) is 20.9 Å². The molecule has 4 N–H and O–H groups in total. The summed E-state index contributed by atoms with van der Waals surface area (Å²) in [7, 11) is 0. The van der Waals surface area contributed by atoms with Crippen LogP contribution in [0.3, 0.4) is 0 Å². The molecule has 0 aliphatic heterocycles. The highest BCUT2D eigenvalue weighted by Gasteiger charge is 2.12. The number of anilines is 1. The number of halogens is 2. The molecule has 1 unspecified atom stereocenters. The molecule has 0 amide bonds. The van der Waals surface area contributed by atoms with Crippen LogP contribution >= 0.6 is 15.9 Å². The van der Waals surface area contributed by atoms with E-state index in [4.69, 9.17) is 11.5 Å². The standard InChI is InChI=1S/C13H13BrFN3/c14-11-2-1-9(15)7-10(11)12(16)5-8-3-4-18-13(17)6-8/h1-4,6-7,12H,5,16H2,(H2,17,18). The van der Waals surface area contributed by atoms with Gasteiger partial charge < -0.3 is 11.5 Å². The summed E-state index contributed by atoms with van der Waals surface area (Å²) in [6.45, 7) is 0. The summed E-state index contributed by atoms with van der Waals surface area (Å²) in [5.41, 5.74) is 13.4. The summed E-state index contributed by atoms with van der Waals surface area (Å²) in [4.78, 5) is 3.92. The van der Waals surface area contributed by atoms with Crippen LogP contribution in [0.2, 0.25) is 0 Å². The second kappa shape index (κ2) is 5.46. The number of rotatable bonds is 3. The molecule has 0 spiro atoms. The van der Waals surface area contributed by atoms with Crippen LogP contribution in [0.25, 0.3) is 0 Å². The minimum absolute atomic E-state index is 0.294. The lowest BCUT2D eigenvalue weighted by Gasteiger charge is -2.14. The van der Waals surface area contributed by atoms with E-state index in [0.717, 1.165) is 15.6 Å². The monoisotopic (exact) mass is 309 g/mol. The average molecular weight is 310 g/mol. The highest BCUT2D eigenvalue weighted by molar-refractivity contribution is 9.10. The van der Waals surface area contributed by atoms with Gasteiger partial charge in [-0.15, -0.1) is 0 Å². The zero-order valence-corrected chi connectivity index (χ0v) is 11.2. The van der Waals surface area contributed by atoms with Crippen molar-refractivity contribution in [3.8, 4) is 0 Å². The number of benzene rings is 1. The maximum Gasteiger partial charge on any atom is 0.123 e. The van der Waals surface area contributed by atoms with Crippen molar-refractivity contribution < 1.29 is 4.39 Å². The molecule has 1 aromatic carbocycles. The number of hydrogen-bond acceptors (Lipinski definition) is 3. The maximum atomic E-state index is 13.2. The van der Waals surface area contributed by atoms with Crippen LogP contribution in [0.15, 0.2) is 41.0 Å². The SMILES string of the molecule is Nc1cc(CC(N)c2cc(F)ccc2Br)ccn1. The molecule has 0 bridgehead atoms. The van der Waals surface area contributed by atoms with Crippen LogP contribution in [0.1, 0.15) is 17.2 Å². The highest BCUT2D eigenvalue weighted by atomic mass is 79.9. The van der Waals surface area contributed by atoms with Crippen LogP contribution in [-0.2, 0) is 6.42 Å². The van der Waals surface area contributed by atoms with Crippen molar-refractivity contribution in [1.82, 2.24) is 4.98 Å². The van der Waals surface area contributed by atoms with Crippen molar-refractivity contribution in [1.29, 1.82) is 0 Å². The van der Waals surface area contributed by atoms with Gasteiger partial charge in [0, 0.05) is 16.7 Å². The molecule has 5 heteroatoms. The summed E-state index contributed by atoms with van der Waals surface area (Å²) >= 11 is 3.38. The molecule has 0 saturated heterocycles. The van der Waals surface area contributed by atoms with Crippen LogP contribution < -0.4 is 11.5 Å². The lowest BCUT2D eigenvalue weighted by Crippen LogP contribution is -2.14. The summed E-state index contributed by atoms with van der Waals surface area (Å²) in [6, 6.07) is 7.82. The molecule has 0 saturated carbocycles. The number of hydrogen-bond donors (Lipinski definition) is 2. The summed E-state index contributed by atoms with van der Waals surface area (Å²) in [5.74, 6) is 0.163. The van der Waals surface area contributed by atoms with Gasteiger partial charge in [0.1, 0.15) is 11.6 Å². The first-order chi connectivity index (χ1) is 8.56. The highest BCUT2D eigenvalue weighted by Crippen LogP contribution is 2.25. The van der Waals surface area contributed by atoms with Gasteiger partial charge in [-0.1, -0.05) is 15.9 Å². The Kier molecular flexibility index (Phi) is 3.93. The Morgan fingerprint density at radius 3 is 2.78 bits per heavy atom. The van der Waals surface area contributed by atoms with Crippen molar-refractivity contribution >= 4 is 21.7 Å². The Hall–Kier alpha value is -1.46. The molecule has 18 heavy (non-hydrogen) atoms. The Labute approximate surface area is 113 Å². The van der Waals surface area contributed by atoms with Gasteiger partial charge >= 0.3 is 0 Å². The number of nitrogens with two attached hydrogens (primary N) is 2. The average Bonchev–Trinajstić information content (AvgIpc) is 2.32. The molecule has 94 valence electrons. The zero-order valence-electron chi connectivity index (χ0n) is 9.61. The molecular formula is C13H13BrFN3. The Morgan fingerprint density at radius 2 is 2.06 bits per heavy atom. The van der Waals surface area contributed by atoms with Gasteiger partial charge in [-0.2, -0.15) is 0 Å². The molecular weight excluding hydrogens is 297 g/mol. The van der Waals surface area contributed by atoms with Crippen molar-refractivity contribution in [2.24, 2.45) is 5.73 Å². The number of aromatic nitrogens is 1. The van der Waals surface area contributed by atoms with Gasteiger partial charge in [0.25, 0.3) is 0 Å². The summed E-state index contributed by atoms with van der Waals surface area (Å²) in [5, 5.41) is 0. The molecule has 1 heterocycles. The van der Waals surface area contributed by atoms with E-state index >= 15 is 0 Å². The van der Waals surface area contributed by atoms with E-state index in [1.165, 1.54) is 12.1 Å².